The predicted molar refractivity (Wildman–Crippen MR) is 102 cm³/mol. The zero-order valence-corrected chi connectivity index (χ0v) is 14.6. The normalized spacial score (nSPS) is 17.1. The third-order valence-corrected chi connectivity index (χ3v) is 4.02. The fourth-order valence-electron chi connectivity index (χ4n) is 2.39. The van der Waals surface area contributed by atoms with Crippen LogP contribution in [0, 0.1) is 5.92 Å². The van der Waals surface area contributed by atoms with Crippen molar-refractivity contribution >= 4 is 47.0 Å². The number of benzene rings is 2. The van der Waals surface area contributed by atoms with Crippen molar-refractivity contribution in [1.82, 2.24) is 10.7 Å². The van der Waals surface area contributed by atoms with E-state index in [1.54, 1.807) is 30.3 Å². The molecule has 3 amide bonds. The molecule has 3 N–H and O–H groups in total. The smallest absolute Gasteiger partial charge is 0.271 e. The van der Waals surface area contributed by atoms with E-state index in [-0.39, 0.29) is 16.4 Å². The van der Waals surface area contributed by atoms with Crippen LogP contribution < -0.4 is 15.6 Å². The molecule has 0 aromatic heterocycles. The van der Waals surface area contributed by atoms with Crippen molar-refractivity contribution in [1.29, 1.82) is 0 Å². The third-order valence-electron chi connectivity index (χ3n) is 3.74. The Labute approximate surface area is 159 Å². The Morgan fingerprint density at radius 1 is 1.15 bits per heavy atom. The van der Waals surface area contributed by atoms with Crippen LogP contribution in [0.15, 0.2) is 59.7 Å². The van der Waals surface area contributed by atoms with Gasteiger partial charge >= 0.3 is 0 Å². The van der Waals surface area contributed by atoms with Crippen LogP contribution in [0.1, 0.15) is 10.4 Å². The van der Waals surface area contributed by atoms with Crippen molar-refractivity contribution in [3.63, 3.8) is 0 Å². The van der Waals surface area contributed by atoms with E-state index in [4.69, 9.17) is 12.2 Å². The van der Waals surface area contributed by atoms with Gasteiger partial charge in [-0.3, -0.25) is 19.3 Å². The second-order valence-corrected chi connectivity index (χ2v) is 5.93. The molecule has 1 atom stereocenters. The summed E-state index contributed by atoms with van der Waals surface area (Å²) >= 11 is 5.08. The quantitative estimate of drug-likeness (QED) is 0.318. The number of phenols is 1. The lowest BCUT2D eigenvalue weighted by Crippen LogP contribution is -2.58. The SMILES string of the molecule is O=C(N/N=C\[C@@H]1C(=O)NC(=S)N(c2ccccc2)C1=O)c1ccc(O)cc1. The van der Waals surface area contributed by atoms with Crippen molar-refractivity contribution in [3.05, 3.63) is 60.2 Å². The van der Waals surface area contributed by atoms with Crippen molar-refractivity contribution < 1.29 is 19.5 Å². The lowest BCUT2D eigenvalue weighted by molar-refractivity contribution is -0.130. The second kappa shape index (κ2) is 7.75. The van der Waals surface area contributed by atoms with Gasteiger partial charge < -0.3 is 10.4 Å². The number of nitrogens with zero attached hydrogens (tertiary/aromatic N) is 2. The lowest BCUT2D eigenvalue weighted by Gasteiger charge is -2.30. The van der Waals surface area contributed by atoms with E-state index in [1.807, 2.05) is 0 Å². The number of aromatic hydroxyl groups is 1. The molecule has 1 fully saturated rings. The molecule has 0 aliphatic carbocycles. The van der Waals surface area contributed by atoms with E-state index >= 15 is 0 Å². The molecular weight excluding hydrogens is 368 g/mol. The Balaban J connectivity index is 1.73. The highest BCUT2D eigenvalue weighted by molar-refractivity contribution is 7.80. The zero-order valence-electron chi connectivity index (χ0n) is 13.8. The molecular formula is C18H14N4O4S. The number of thiocarbonyl (C=S) groups is 1. The summed E-state index contributed by atoms with van der Waals surface area (Å²) in [6.07, 6.45) is 1.05. The molecule has 0 radical (unpaired) electrons. The molecule has 1 saturated heterocycles. The molecule has 3 rings (SSSR count). The number of phenolic OH excluding ortho intramolecular Hbond substituents is 1. The minimum Gasteiger partial charge on any atom is -0.508 e. The predicted octanol–water partition coefficient (Wildman–Crippen LogP) is 1.17. The number of hydrogen-bond acceptors (Lipinski definition) is 6. The van der Waals surface area contributed by atoms with Crippen LogP contribution in [0.5, 0.6) is 5.75 Å². The van der Waals surface area contributed by atoms with Gasteiger partial charge in [0.15, 0.2) is 11.0 Å². The lowest BCUT2D eigenvalue weighted by atomic mass is 10.1. The number of amides is 3. The van der Waals surface area contributed by atoms with Gasteiger partial charge in [0.05, 0.1) is 5.69 Å². The van der Waals surface area contributed by atoms with Gasteiger partial charge in [0.25, 0.3) is 11.8 Å². The largest absolute Gasteiger partial charge is 0.508 e. The van der Waals surface area contributed by atoms with Crippen LogP contribution in [0.2, 0.25) is 0 Å². The molecule has 8 nitrogen and oxygen atoms in total. The van der Waals surface area contributed by atoms with Gasteiger partial charge in [-0.25, -0.2) is 5.43 Å². The van der Waals surface area contributed by atoms with Gasteiger partial charge in [0, 0.05) is 11.8 Å². The number of anilines is 1. The van der Waals surface area contributed by atoms with Crippen LogP contribution in [0.4, 0.5) is 5.69 Å². The van der Waals surface area contributed by atoms with Crippen LogP contribution in [0.3, 0.4) is 0 Å². The van der Waals surface area contributed by atoms with E-state index in [0.717, 1.165) is 6.21 Å². The molecule has 0 saturated carbocycles. The molecule has 136 valence electrons. The van der Waals surface area contributed by atoms with E-state index < -0.39 is 23.6 Å². The molecule has 0 bridgehead atoms. The number of hydrogen-bond donors (Lipinski definition) is 3. The highest BCUT2D eigenvalue weighted by Gasteiger charge is 2.38. The highest BCUT2D eigenvalue weighted by atomic mass is 32.1. The number of hydrazone groups is 1. The third kappa shape index (κ3) is 3.98. The molecule has 1 heterocycles. The van der Waals surface area contributed by atoms with Crippen LogP contribution >= 0.6 is 12.2 Å². The Morgan fingerprint density at radius 2 is 1.81 bits per heavy atom. The van der Waals surface area contributed by atoms with Gasteiger partial charge in [-0.2, -0.15) is 5.10 Å². The second-order valence-electron chi connectivity index (χ2n) is 5.55. The Morgan fingerprint density at radius 3 is 2.48 bits per heavy atom. The summed E-state index contributed by atoms with van der Waals surface area (Å²) in [5.74, 6) is -2.96. The fourth-order valence-corrected chi connectivity index (χ4v) is 2.69. The maximum atomic E-state index is 12.7. The van der Waals surface area contributed by atoms with Gasteiger partial charge in [0.1, 0.15) is 5.75 Å². The van der Waals surface area contributed by atoms with Gasteiger partial charge in [0.2, 0.25) is 5.91 Å². The Hall–Kier alpha value is -3.59. The van der Waals surface area contributed by atoms with Crippen LogP contribution in [-0.2, 0) is 9.59 Å². The van der Waals surface area contributed by atoms with Gasteiger partial charge in [-0.15, -0.1) is 0 Å². The maximum Gasteiger partial charge on any atom is 0.271 e. The highest BCUT2D eigenvalue weighted by Crippen LogP contribution is 2.19. The summed E-state index contributed by atoms with van der Waals surface area (Å²) in [7, 11) is 0. The standard InChI is InChI=1S/C18H14N4O4S/c23-13-8-6-11(7-9-13)15(24)21-19-10-14-16(25)20-18(27)22(17(14)26)12-4-2-1-3-5-12/h1-10,14,23H,(H,21,24)(H,20,25,27)/b19-10-/t14-/m1/s1. The molecule has 9 heteroatoms. The van der Waals surface area contributed by atoms with E-state index in [2.05, 4.69) is 15.8 Å². The number of carbonyl (C=O) groups excluding carboxylic acids is 3. The van der Waals surface area contributed by atoms with Crippen LogP contribution in [0.25, 0.3) is 0 Å². The summed E-state index contributed by atoms with van der Waals surface area (Å²) in [4.78, 5) is 38.0. The minimum atomic E-state index is -1.24. The average molecular weight is 382 g/mol. The molecule has 2 aromatic carbocycles. The summed E-state index contributed by atoms with van der Waals surface area (Å²) in [6.45, 7) is 0. The number of rotatable bonds is 4. The monoisotopic (exact) mass is 382 g/mol. The van der Waals surface area contributed by atoms with Crippen molar-refractivity contribution in [2.75, 3.05) is 4.90 Å². The summed E-state index contributed by atoms with van der Waals surface area (Å²) in [6, 6.07) is 14.2. The number of para-hydroxylation sites is 1. The van der Waals surface area contributed by atoms with E-state index in [9.17, 15) is 19.5 Å². The molecule has 27 heavy (non-hydrogen) atoms. The average Bonchev–Trinajstić information content (AvgIpc) is 2.65. The molecule has 1 aliphatic rings. The van der Waals surface area contributed by atoms with Gasteiger partial charge in [-0.1, -0.05) is 18.2 Å². The Bertz CT molecular complexity index is 928. The fraction of sp³-hybridized carbons (Fsp3) is 0.0556. The van der Waals surface area contributed by atoms with Crippen LogP contribution in [-0.4, -0.2) is 34.2 Å². The van der Waals surface area contributed by atoms with E-state index in [0.29, 0.717) is 5.69 Å². The number of carbonyl (C=O) groups is 3. The molecule has 2 aromatic rings. The van der Waals surface area contributed by atoms with Crippen molar-refractivity contribution in [2.45, 2.75) is 0 Å². The summed E-state index contributed by atoms with van der Waals surface area (Å²) < 4.78 is 0. The molecule has 0 spiro atoms. The molecule has 1 aliphatic heterocycles. The van der Waals surface area contributed by atoms with Gasteiger partial charge in [-0.05, 0) is 48.6 Å². The first-order valence-corrected chi connectivity index (χ1v) is 8.24. The zero-order chi connectivity index (χ0) is 19.4. The topological polar surface area (TPSA) is 111 Å². The summed E-state index contributed by atoms with van der Waals surface area (Å²) in [5, 5.41) is 15.4. The van der Waals surface area contributed by atoms with E-state index in [1.165, 1.54) is 29.2 Å². The number of nitrogens with one attached hydrogen (secondary N) is 2. The first-order chi connectivity index (χ1) is 13.0. The first kappa shape index (κ1) is 18.2. The first-order valence-electron chi connectivity index (χ1n) is 7.84. The van der Waals surface area contributed by atoms with Crippen molar-refractivity contribution in [3.8, 4) is 5.75 Å². The Kier molecular flexibility index (Phi) is 5.23. The summed E-state index contributed by atoms with van der Waals surface area (Å²) in [5.41, 5.74) is 3.01. The maximum absolute atomic E-state index is 12.7. The minimum absolute atomic E-state index is 0.0195. The molecule has 0 unspecified atom stereocenters. The van der Waals surface area contributed by atoms with Crippen molar-refractivity contribution in [2.24, 2.45) is 11.0 Å².